The highest BCUT2D eigenvalue weighted by Crippen LogP contribution is 2.21. The van der Waals surface area contributed by atoms with E-state index in [1.807, 2.05) is 12.1 Å². The van der Waals surface area contributed by atoms with E-state index in [9.17, 15) is 18.0 Å². The largest absolute Gasteiger partial charge is 0.497 e. The predicted molar refractivity (Wildman–Crippen MR) is 100 cm³/mol. The fourth-order valence-electron chi connectivity index (χ4n) is 3.02. The van der Waals surface area contributed by atoms with Crippen molar-refractivity contribution in [3.8, 4) is 17.0 Å². The number of hydrogen-bond donors (Lipinski definition) is 0. The summed E-state index contributed by atoms with van der Waals surface area (Å²) in [7, 11) is 0.0267. The molecule has 1 amide bonds. The summed E-state index contributed by atoms with van der Waals surface area (Å²) in [4.78, 5) is 26.0. The molecule has 144 valence electrons. The zero-order valence-corrected chi connectivity index (χ0v) is 16.0. The molecule has 1 fully saturated rings. The van der Waals surface area contributed by atoms with Gasteiger partial charge in [0.1, 0.15) is 12.3 Å². The van der Waals surface area contributed by atoms with E-state index in [0.29, 0.717) is 17.9 Å². The van der Waals surface area contributed by atoms with Gasteiger partial charge in [-0.25, -0.2) is 13.1 Å². The average molecular weight is 391 g/mol. The molecule has 2 aromatic rings. The van der Waals surface area contributed by atoms with Crippen molar-refractivity contribution in [1.29, 1.82) is 0 Å². The molecule has 0 spiro atoms. The quantitative estimate of drug-likeness (QED) is 0.739. The molecule has 1 aliphatic heterocycles. The van der Waals surface area contributed by atoms with Crippen molar-refractivity contribution in [3.05, 3.63) is 46.8 Å². The maximum absolute atomic E-state index is 12.5. The molecule has 0 saturated carbocycles. The average Bonchev–Trinajstić information content (AvgIpc) is 3.02. The molecule has 1 aromatic carbocycles. The van der Waals surface area contributed by atoms with Crippen LogP contribution in [0.1, 0.15) is 6.42 Å². The number of amides is 1. The summed E-state index contributed by atoms with van der Waals surface area (Å²) >= 11 is 0. The third kappa shape index (κ3) is 4.36. The van der Waals surface area contributed by atoms with Crippen LogP contribution in [0, 0.1) is 0 Å². The van der Waals surface area contributed by atoms with Crippen LogP contribution < -0.4 is 10.3 Å². The van der Waals surface area contributed by atoms with E-state index in [0.717, 1.165) is 10.2 Å². The number of likely N-dealkylation sites (N-methyl/N-ethyl adjacent to an activating group) is 1. The topological polar surface area (TPSA) is 98.6 Å². The Morgan fingerprint density at radius 1 is 1.33 bits per heavy atom. The van der Waals surface area contributed by atoms with E-state index in [1.54, 1.807) is 32.4 Å². The molecule has 1 aliphatic rings. The Balaban J connectivity index is 1.80. The van der Waals surface area contributed by atoms with Crippen molar-refractivity contribution in [1.82, 2.24) is 14.7 Å². The zero-order chi connectivity index (χ0) is 19.6. The summed E-state index contributed by atoms with van der Waals surface area (Å²) in [6, 6.07) is 9.81. The monoisotopic (exact) mass is 391 g/mol. The predicted octanol–water partition coefficient (Wildman–Crippen LogP) is 0.564. The summed E-state index contributed by atoms with van der Waals surface area (Å²) in [5.41, 5.74) is 0.889. The van der Waals surface area contributed by atoms with Gasteiger partial charge in [-0.1, -0.05) is 12.1 Å². The van der Waals surface area contributed by atoms with Gasteiger partial charge < -0.3 is 9.64 Å². The number of aromatic nitrogens is 2. The number of carbonyl (C=O) groups is 1. The van der Waals surface area contributed by atoms with Crippen molar-refractivity contribution >= 4 is 15.7 Å². The van der Waals surface area contributed by atoms with E-state index in [-0.39, 0.29) is 30.0 Å². The second kappa shape index (κ2) is 7.51. The minimum absolute atomic E-state index is 0.0403. The molecule has 1 unspecified atom stereocenters. The van der Waals surface area contributed by atoms with Gasteiger partial charge in [-0.05, 0) is 24.6 Å². The van der Waals surface area contributed by atoms with Gasteiger partial charge in [-0.2, -0.15) is 5.10 Å². The molecule has 0 N–H and O–H groups in total. The van der Waals surface area contributed by atoms with Crippen molar-refractivity contribution in [2.24, 2.45) is 0 Å². The first-order valence-corrected chi connectivity index (χ1v) is 10.3. The maximum Gasteiger partial charge on any atom is 0.267 e. The van der Waals surface area contributed by atoms with Crippen molar-refractivity contribution in [2.75, 3.05) is 25.7 Å². The Labute approximate surface area is 157 Å². The van der Waals surface area contributed by atoms with Gasteiger partial charge in [0.2, 0.25) is 5.91 Å². The van der Waals surface area contributed by atoms with Crippen LogP contribution in [0.25, 0.3) is 11.3 Å². The standard InChI is InChI=1S/C18H21N3O5S/c1-20(14-8-9-27(24,25)12-14)18(23)11-21-17(22)7-6-16(19-21)13-4-3-5-15(10-13)26-2/h3-7,10,14H,8-9,11-12H2,1-2H3. The van der Waals surface area contributed by atoms with E-state index in [2.05, 4.69) is 5.10 Å². The van der Waals surface area contributed by atoms with E-state index in [1.165, 1.54) is 11.0 Å². The Hall–Kier alpha value is -2.68. The molecular formula is C18H21N3O5S. The van der Waals surface area contributed by atoms with Crippen molar-refractivity contribution in [3.63, 3.8) is 0 Å². The summed E-state index contributed by atoms with van der Waals surface area (Å²) in [6.45, 7) is -0.246. The molecule has 27 heavy (non-hydrogen) atoms. The molecule has 0 bridgehead atoms. The third-order valence-electron chi connectivity index (χ3n) is 4.67. The first-order valence-electron chi connectivity index (χ1n) is 8.48. The lowest BCUT2D eigenvalue weighted by molar-refractivity contribution is -0.132. The van der Waals surface area contributed by atoms with Gasteiger partial charge in [0.05, 0.1) is 24.3 Å². The van der Waals surface area contributed by atoms with Crippen LogP contribution >= 0.6 is 0 Å². The van der Waals surface area contributed by atoms with Crippen LogP contribution in [0.15, 0.2) is 41.2 Å². The van der Waals surface area contributed by atoms with Crippen LogP contribution in [0.5, 0.6) is 5.75 Å². The van der Waals surface area contributed by atoms with E-state index < -0.39 is 15.4 Å². The molecule has 1 saturated heterocycles. The number of hydrogen-bond acceptors (Lipinski definition) is 6. The Morgan fingerprint density at radius 2 is 2.11 bits per heavy atom. The molecule has 1 atom stereocenters. The summed E-state index contributed by atoms with van der Waals surface area (Å²) in [6.07, 6.45) is 0.413. The normalized spacial score (nSPS) is 18.2. The number of methoxy groups -OCH3 is 1. The minimum Gasteiger partial charge on any atom is -0.497 e. The molecule has 2 heterocycles. The molecule has 0 aliphatic carbocycles. The lowest BCUT2D eigenvalue weighted by Gasteiger charge is -2.23. The van der Waals surface area contributed by atoms with Crippen LogP contribution in [0.2, 0.25) is 0 Å². The van der Waals surface area contributed by atoms with Crippen molar-refractivity contribution < 1.29 is 17.9 Å². The highest BCUT2D eigenvalue weighted by molar-refractivity contribution is 7.91. The van der Waals surface area contributed by atoms with Gasteiger partial charge in [-0.15, -0.1) is 0 Å². The van der Waals surface area contributed by atoms with E-state index in [4.69, 9.17) is 4.74 Å². The second-order valence-corrected chi connectivity index (χ2v) is 8.74. The van der Waals surface area contributed by atoms with Gasteiger partial charge >= 0.3 is 0 Å². The summed E-state index contributed by atoms with van der Waals surface area (Å²) in [5, 5.41) is 4.28. The Bertz CT molecular complexity index is 1020. The number of sulfone groups is 1. The summed E-state index contributed by atoms with van der Waals surface area (Å²) < 4.78 is 29.5. The highest BCUT2D eigenvalue weighted by atomic mass is 32.2. The van der Waals surface area contributed by atoms with Crippen LogP contribution in [0.3, 0.4) is 0 Å². The fourth-order valence-corrected chi connectivity index (χ4v) is 4.80. The number of rotatable bonds is 5. The van der Waals surface area contributed by atoms with Gasteiger partial charge in [-0.3, -0.25) is 9.59 Å². The van der Waals surface area contributed by atoms with E-state index >= 15 is 0 Å². The molecular weight excluding hydrogens is 370 g/mol. The lowest BCUT2D eigenvalue weighted by atomic mass is 10.1. The van der Waals surface area contributed by atoms with Crippen LogP contribution in [0.4, 0.5) is 0 Å². The first kappa shape index (κ1) is 19.1. The maximum atomic E-state index is 12.5. The fraction of sp³-hybridized carbons (Fsp3) is 0.389. The van der Waals surface area contributed by atoms with Crippen LogP contribution in [-0.2, 0) is 21.2 Å². The summed E-state index contributed by atoms with van der Waals surface area (Å²) in [5.74, 6) is 0.347. The Morgan fingerprint density at radius 3 is 2.78 bits per heavy atom. The smallest absolute Gasteiger partial charge is 0.267 e. The number of carbonyl (C=O) groups excluding carboxylic acids is 1. The minimum atomic E-state index is -3.09. The molecule has 0 radical (unpaired) electrons. The second-order valence-electron chi connectivity index (χ2n) is 6.51. The molecule has 9 heteroatoms. The van der Waals surface area contributed by atoms with Gasteiger partial charge in [0.25, 0.3) is 5.56 Å². The molecule has 3 rings (SSSR count). The van der Waals surface area contributed by atoms with Crippen LogP contribution in [-0.4, -0.2) is 60.7 Å². The molecule has 1 aromatic heterocycles. The Kier molecular flexibility index (Phi) is 5.31. The number of nitrogens with zero attached hydrogens (tertiary/aromatic N) is 3. The number of benzene rings is 1. The SMILES string of the molecule is COc1cccc(-c2ccc(=O)n(CC(=O)N(C)C3CCS(=O)(=O)C3)n2)c1. The lowest BCUT2D eigenvalue weighted by Crippen LogP contribution is -2.41. The first-order chi connectivity index (χ1) is 12.8. The van der Waals surface area contributed by atoms with Crippen molar-refractivity contribution in [2.45, 2.75) is 19.0 Å². The zero-order valence-electron chi connectivity index (χ0n) is 15.2. The third-order valence-corrected chi connectivity index (χ3v) is 6.42. The highest BCUT2D eigenvalue weighted by Gasteiger charge is 2.32. The number of ether oxygens (including phenoxy) is 1. The van der Waals surface area contributed by atoms with Gasteiger partial charge in [0, 0.05) is 24.7 Å². The molecule has 8 nitrogen and oxygen atoms in total. The van der Waals surface area contributed by atoms with Gasteiger partial charge in [0.15, 0.2) is 9.84 Å².